The average Bonchev–Trinajstić information content (AvgIpc) is 2.62. The highest BCUT2D eigenvalue weighted by atomic mass is 32.2. The van der Waals surface area contributed by atoms with Gasteiger partial charge in [-0.2, -0.15) is 0 Å². The van der Waals surface area contributed by atoms with Gasteiger partial charge in [-0.25, -0.2) is 8.42 Å². The van der Waals surface area contributed by atoms with Gasteiger partial charge in [0.05, 0.1) is 10.5 Å². The number of hydrogen-bond acceptors (Lipinski definition) is 4. The molecule has 5 heteroatoms. The third kappa shape index (κ3) is 3.28. The van der Waals surface area contributed by atoms with Gasteiger partial charge in [-0.1, -0.05) is 24.6 Å². The summed E-state index contributed by atoms with van der Waals surface area (Å²) in [6.07, 6.45) is 3.31. The van der Waals surface area contributed by atoms with E-state index >= 15 is 0 Å². The Labute approximate surface area is 154 Å². The van der Waals surface area contributed by atoms with E-state index in [1.807, 2.05) is 30.3 Å². The SMILES string of the molecule is O=C(c1ccc(Oc2ccccc2)cc1)C1CC2CCCC(C1)S2(=O)=O. The van der Waals surface area contributed by atoms with Crippen LogP contribution >= 0.6 is 0 Å². The number of Topliss-reactive ketones (excluding diaryl/α,β-unsaturated/α-hetero) is 1. The van der Waals surface area contributed by atoms with Gasteiger partial charge in [0.1, 0.15) is 11.5 Å². The van der Waals surface area contributed by atoms with Crippen LogP contribution in [-0.4, -0.2) is 24.7 Å². The van der Waals surface area contributed by atoms with Crippen molar-refractivity contribution >= 4 is 15.6 Å². The van der Waals surface area contributed by atoms with Crippen molar-refractivity contribution in [3.63, 3.8) is 0 Å². The first-order valence-corrected chi connectivity index (χ1v) is 10.7. The average molecular weight is 370 g/mol. The normalized spacial score (nSPS) is 26.8. The van der Waals surface area contributed by atoms with E-state index in [2.05, 4.69) is 0 Å². The molecule has 136 valence electrons. The second kappa shape index (κ2) is 6.88. The van der Waals surface area contributed by atoms with Crippen LogP contribution in [0.2, 0.25) is 0 Å². The molecule has 0 saturated carbocycles. The van der Waals surface area contributed by atoms with Crippen LogP contribution in [0.15, 0.2) is 54.6 Å². The van der Waals surface area contributed by atoms with Crippen LogP contribution in [0.3, 0.4) is 0 Å². The first-order chi connectivity index (χ1) is 12.5. The van der Waals surface area contributed by atoms with Gasteiger partial charge in [0.25, 0.3) is 0 Å². The van der Waals surface area contributed by atoms with E-state index in [1.54, 1.807) is 24.3 Å². The fourth-order valence-corrected chi connectivity index (χ4v) is 6.71. The fourth-order valence-electron chi connectivity index (χ4n) is 4.17. The Morgan fingerprint density at radius 3 is 2.04 bits per heavy atom. The first-order valence-electron chi connectivity index (χ1n) is 9.14. The highest BCUT2D eigenvalue weighted by Gasteiger charge is 2.46. The molecule has 0 aromatic heterocycles. The lowest BCUT2D eigenvalue weighted by molar-refractivity contribution is 0.0894. The van der Waals surface area contributed by atoms with Gasteiger partial charge >= 0.3 is 0 Å². The van der Waals surface area contributed by atoms with E-state index in [-0.39, 0.29) is 22.2 Å². The number of hydrogen-bond donors (Lipinski definition) is 0. The Balaban J connectivity index is 1.47. The molecule has 4 rings (SSSR count). The summed E-state index contributed by atoms with van der Waals surface area (Å²) in [4.78, 5) is 12.9. The molecule has 2 aliphatic rings. The van der Waals surface area contributed by atoms with E-state index in [9.17, 15) is 13.2 Å². The Hall–Kier alpha value is -2.14. The summed E-state index contributed by atoms with van der Waals surface area (Å²) >= 11 is 0. The minimum atomic E-state index is -3.03. The summed E-state index contributed by atoms with van der Waals surface area (Å²) < 4.78 is 30.5. The second-order valence-electron chi connectivity index (χ2n) is 7.24. The third-order valence-corrected chi connectivity index (χ3v) is 8.28. The van der Waals surface area contributed by atoms with Crippen molar-refractivity contribution in [2.45, 2.75) is 42.6 Å². The smallest absolute Gasteiger partial charge is 0.166 e. The number of para-hydroxylation sites is 1. The van der Waals surface area contributed by atoms with E-state index in [0.717, 1.165) is 12.2 Å². The molecule has 2 aromatic rings. The van der Waals surface area contributed by atoms with Gasteiger partial charge in [-0.3, -0.25) is 4.79 Å². The summed E-state index contributed by atoms with van der Waals surface area (Å²) in [5.74, 6) is 1.30. The van der Waals surface area contributed by atoms with E-state index < -0.39 is 9.84 Å². The molecule has 0 aliphatic carbocycles. The highest BCUT2D eigenvalue weighted by Crippen LogP contribution is 2.40. The Morgan fingerprint density at radius 2 is 1.42 bits per heavy atom. The number of ether oxygens (including phenoxy) is 1. The molecular weight excluding hydrogens is 348 g/mol. The fraction of sp³-hybridized carbons (Fsp3) is 0.381. The molecule has 2 fully saturated rings. The van der Waals surface area contributed by atoms with Gasteiger partial charge in [-0.05, 0) is 62.1 Å². The lowest BCUT2D eigenvalue weighted by atomic mass is 9.84. The molecule has 0 radical (unpaired) electrons. The molecule has 2 unspecified atom stereocenters. The molecule has 0 N–H and O–H groups in total. The van der Waals surface area contributed by atoms with Crippen LogP contribution in [-0.2, 0) is 9.84 Å². The van der Waals surface area contributed by atoms with Gasteiger partial charge in [-0.15, -0.1) is 0 Å². The maximum Gasteiger partial charge on any atom is 0.166 e. The Kier molecular flexibility index (Phi) is 4.57. The van der Waals surface area contributed by atoms with Crippen LogP contribution in [0.4, 0.5) is 0 Å². The zero-order valence-electron chi connectivity index (χ0n) is 14.5. The predicted octanol–water partition coefficient (Wildman–Crippen LogP) is 4.41. The molecule has 2 heterocycles. The highest BCUT2D eigenvalue weighted by molar-refractivity contribution is 7.92. The van der Waals surface area contributed by atoms with Gasteiger partial charge in [0, 0.05) is 11.5 Å². The Bertz CT molecular complexity index is 867. The number of sulfone groups is 1. The summed E-state index contributed by atoms with van der Waals surface area (Å²) in [5, 5.41) is -0.658. The monoisotopic (exact) mass is 370 g/mol. The van der Waals surface area contributed by atoms with Crippen molar-refractivity contribution in [1.82, 2.24) is 0 Å². The van der Waals surface area contributed by atoms with Gasteiger partial charge in [0.15, 0.2) is 15.6 Å². The number of carbonyl (C=O) groups is 1. The molecule has 2 saturated heterocycles. The summed E-state index contributed by atoms with van der Waals surface area (Å²) in [5.41, 5.74) is 0.632. The lowest BCUT2D eigenvalue weighted by Gasteiger charge is -2.38. The second-order valence-corrected chi connectivity index (χ2v) is 9.75. The number of fused-ring (bicyclic) bond motifs is 2. The number of rotatable bonds is 4. The topological polar surface area (TPSA) is 60.4 Å². The number of ketones is 1. The van der Waals surface area contributed by atoms with Crippen molar-refractivity contribution in [2.75, 3.05) is 0 Å². The molecule has 2 aliphatic heterocycles. The summed E-state index contributed by atoms with van der Waals surface area (Å²) in [7, 11) is -3.03. The molecule has 0 spiro atoms. The third-order valence-electron chi connectivity index (χ3n) is 5.56. The molecule has 2 aromatic carbocycles. The number of carbonyl (C=O) groups excluding carboxylic acids is 1. The molecule has 4 nitrogen and oxygen atoms in total. The van der Waals surface area contributed by atoms with Crippen molar-refractivity contribution in [3.8, 4) is 11.5 Å². The van der Waals surface area contributed by atoms with Gasteiger partial charge in [0.2, 0.25) is 0 Å². The van der Waals surface area contributed by atoms with Crippen molar-refractivity contribution in [2.24, 2.45) is 5.92 Å². The first kappa shape index (κ1) is 17.3. The van der Waals surface area contributed by atoms with Crippen LogP contribution in [0.25, 0.3) is 0 Å². The van der Waals surface area contributed by atoms with Crippen LogP contribution in [0, 0.1) is 5.92 Å². The van der Waals surface area contributed by atoms with Crippen LogP contribution in [0.1, 0.15) is 42.5 Å². The molecule has 0 amide bonds. The summed E-state index contributed by atoms with van der Waals surface area (Å²) in [6.45, 7) is 0. The van der Waals surface area contributed by atoms with Crippen molar-refractivity contribution < 1.29 is 17.9 Å². The Morgan fingerprint density at radius 1 is 0.846 bits per heavy atom. The molecular formula is C21H22O4S. The van der Waals surface area contributed by atoms with E-state index in [1.165, 1.54) is 0 Å². The standard InChI is InChI=1S/C21H22O4S/c22-21(16-13-19-7-4-8-20(14-16)26(19,23)24)15-9-11-18(12-10-15)25-17-5-2-1-3-6-17/h1-3,5-6,9-12,16,19-20H,4,7-8,13-14H2. The summed E-state index contributed by atoms with van der Waals surface area (Å²) in [6, 6.07) is 16.6. The maximum atomic E-state index is 12.9. The molecule has 2 bridgehead atoms. The largest absolute Gasteiger partial charge is 0.457 e. The van der Waals surface area contributed by atoms with Crippen LogP contribution in [0.5, 0.6) is 11.5 Å². The number of benzene rings is 2. The minimum absolute atomic E-state index is 0.0584. The van der Waals surface area contributed by atoms with Crippen molar-refractivity contribution in [3.05, 3.63) is 60.2 Å². The molecule has 2 atom stereocenters. The van der Waals surface area contributed by atoms with E-state index in [0.29, 0.717) is 37.0 Å². The van der Waals surface area contributed by atoms with Crippen LogP contribution < -0.4 is 4.74 Å². The minimum Gasteiger partial charge on any atom is -0.457 e. The van der Waals surface area contributed by atoms with Gasteiger partial charge < -0.3 is 4.74 Å². The predicted molar refractivity (Wildman–Crippen MR) is 100 cm³/mol. The van der Waals surface area contributed by atoms with Crippen molar-refractivity contribution in [1.29, 1.82) is 0 Å². The lowest BCUT2D eigenvalue weighted by Crippen LogP contribution is -2.45. The zero-order chi connectivity index (χ0) is 18.1. The van der Waals surface area contributed by atoms with E-state index in [4.69, 9.17) is 4.74 Å². The zero-order valence-corrected chi connectivity index (χ0v) is 15.3. The maximum absolute atomic E-state index is 12.9. The molecule has 26 heavy (non-hydrogen) atoms. The quantitative estimate of drug-likeness (QED) is 0.748.